The zero-order chi connectivity index (χ0) is 16.2. The van der Waals surface area contributed by atoms with Gasteiger partial charge < -0.3 is 4.90 Å². The summed E-state index contributed by atoms with van der Waals surface area (Å²) in [5, 5.41) is 17.5. The number of fused-ring (bicyclic) bond motifs is 2. The van der Waals surface area contributed by atoms with E-state index in [0.717, 1.165) is 12.8 Å². The topological polar surface area (TPSA) is 50.8 Å². The van der Waals surface area contributed by atoms with Crippen molar-refractivity contribution in [2.75, 3.05) is 11.9 Å². The lowest BCUT2D eigenvalue weighted by atomic mass is 10.1. The summed E-state index contributed by atoms with van der Waals surface area (Å²) in [6.45, 7) is 0. The lowest BCUT2D eigenvalue weighted by Gasteiger charge is -2.30. The third kappa shape index (κ3) is 3.18. The van der Waals surface area contributed by atoms with Gasteiger partial charge in [0.15, 0.2) is 0 Å². The number of aryl methyl sites for hydroxylation is 2. The predicted octanol–water partition coefficient (Wildman–Crippen LogP) is 4.83. The zero-order valence-electron chi connectivity index (χ0n) is 13.0. The molecule has 0 aromatic heterocycles. The molecule has 1 aliphatic rings. The van der Waals surface area contributed by atoms with E-state index in [1.807, 2.05) is 0 Å². The molecule has 0 radical (unpaired) electrons. The Morgan fingerprint density at radius 3 is 2.22 bits per heavy atom. The van der Waals surface area contributed by atoms with Crippen LogP contribution in [-0.4, -0.2) is 7.05 Å². The van der Waals surface area contributed by atoms with Gasteiger partial charge in [0, 0.05) is 29.7 Å². The first-order chi connectivity index (χ1) is 11.2. The standard InChI is InChI=1S/C19H17N3S/c1-22-16-8-6-15(5-3-11-21)13-19(16)23-18-9-7-14(4-2-10-20)12-17(18)22/h6-9,12-13H,2-5H2,1H3. The van der Waals surface area contributed by atoms with Gasteiger partial charge in [-0.15, -0.1) is 0 Å². The quantitative estimate of drug-likeness (QED) is 0.810. The van der Waals surface area contributed by atoms with E-state index in [1.54, 1.807) is 11.8 Å². The van der Waals surface area contributed by atoms with E-state index in [0.29, 0.717) is 12.8 Å². The molecular formula is C19H17N3S. The van der Waals surface area contributed by atoms with Crippen LogP contribution in [0, 0.1) is 22.7 Å². The van der Waals surface area contributed by atoms with E-state index in [4.69, 9.17) is 10.5 Å². The Kier molecular flexibility index (Phi) is 4.55. The Bertz CT molecular complexity index is 814. The van der Waals surface area contributed by atoms with Crippen molar-refractivity contribution in [2.24, 2.45) is 0 Å². The van der Waals surface area contributed by atoms with Gasteiger partial charge in [-0.2, -0.15) is 10.5 Å². The maximum Gasteiger partial charge on any atom is 0.0625 e. The fourth-order valence-corrected chi connectivity index (χ4v) is 3.98. The van der Waals surface area contributed by atoms with Crippen LogP contribution in [0.25, 0.3) is 0 Å². The van der Waals surface area contributed by atoms with Crippen LogP contribution in [0.2, 0.25) is 0 Å². The molecule has 3 nitrogen and oxygen atoms in total. The molecule has 0 fully saturated rings. The van der Waals surface area contributed by atoms with Crippen molar-refractivity contribution in [3.63, 3.8) is 0 Å². The number of hydrogen-bond donors (Lipinski definition) is 0. The van der Waals surface area contributed by atoms with Gasteiger partial charge in [-0.3, -0.25) is 0 Å². The summed E-state index contributed by atoms with van der Waals surface area (Å²) in [7, 11) is 2.08. The normalized spacial score (nSPS) is 12.0. The van der Waals surface area contributed by atoms with Crippen molar-refractivity contribution in [3.05, 3.63) is 47.5 Å². The highest BCUT2D eigenvalue weighted by atomic mass is 32.2. The lowest BCUT2D eigenvalue weighted by molar-refractivity contribution is 0.988. The second kappa shape index (κ2) is 6.77. The summed E-state index contributed by atoms with van der Waals surface area (Å²) in [6.07, 6.45) is 2.70. The van der Waals surface area contributed by atoms with Crippen LogP contribution in [0.3, 0.4) is 0 Å². The van der Waals surface area contributed by atoms with Gasteiger partial charge >= 0.3 is 0 Å². The minimum atomic E-state index is 0.550. The molecule has 1 heterocycles. The molecule has 2 aromatic rings. The maximum atomic E-state index is 8.75. The average Bonchev–Trinajstić information content (AvgIpc) is 2.58. The van der Waals surface area contributed by atoms with Crippen LogP contribution < -0.4 is 4.90 Å². The third-order valence-corrected chi connectivity index (χ3v) is 5.15. The summed E-state index contributed by atoms with van der Waals surface area (Å²) >= 11 is 1.78. The van der Waals surface area contributed by atoms with Crippen molar-refractivity contribution < 1.29 is 0 Å². The molecule has 3 rings (SSSR count). The fourth-order valence-electron chi connectivity index (χ4n) is 2.79. The Labute approximate surface area is 141 Å². The Hall–Kier alpha value is -2.43. The maximum absolute atomic E-state index is 8.75. The number of rotatable bonds is 4. The molecule has 0 saturated carbocycles. The summed E-state index contributed by atoms with van der Waals surface area (Å²) < 4.78 is 0. The number of nitrogens with zero attached hydrogens (tertiary/aromatic N) is 3. The molecule has 0 unspecified atom stereocenters. The number of anilines is 2. The minimum Gasteiger partial charge on any atom is -0.343 e. The second-order valence-corrected chi connectivity index (χ2v) is 6.67. The highest BCUT2D eigenvalue weighted by Crippen LogP contribution is 2.48. The first kappa shape index (κ1) is 15.5. The van der Waals surface area contributed by atoms with Gasteiger partial charge in [0.2, 0.25) is 0 Å². The van der Waals surface area contributed by atoms with Crippen LogP contribution in [0.5, 0.6) is 0 Å². The zero-order valence-corrected chi connectivity index (χ0v) is 13.9. The summed E-state index contributed by atoms with van der Waals surface area (Å²) in [6, 6.07) is 17.3. The molecule has 4 heteroatoms. The fraction of sp³-hybridized carbons (Fsp3) is 0.263. The molecule has 0 bridgehead atoms. The lowest BCUT2D eigenvalue weighted by Crippen LogP contribution is -2.15. The highest BCUT2D eigenvalue weighted by molar-refractivity contribution is 7.99. The molecule has 23 heavy (non-hydrogen) atoms. The van der Waals surface area contributed by atoms with Crippen molar-refractivity contribution in [1.82, 2.24) is 0 Å². The summed E-state index contributed by atoms with van der Waals surface area (Å²) in [5.41, 5.74) is 4.80. The molecule has 0 spiro atoms. The van der Waals surface area contributed by atoms with Gasteiger partial charge in [0.05, 0.1) is 23.5 Å². The van der Waals surface area contributed by atoms with Gasteiger partial charge in [0.1, 0.15) is 0 Å². The van der Waals surface area contributed by atoms with E-state index in [-0.39, 0.29) is 0 Å². The molecule has 1 aliphatic heterocycles. The molecule has 0 atom stereocenters. The molecule has 0 aliphatic carbocycles. The van der Waals surface area contributed by atoms with Crippen LogP contribution in [-0.2, 0) is 12.8 Å². The van der Waals surface area contributed by atoms with Crippen molar-refractivity contribution >= 4 is 23.1 Å². The second-order valence-electron chi connectivity index (χ2n) is 5.58. The predicted molar refractivity (Wildman–Crippen MR) is 92.9 cm³/mol. The first-order valence-corrected chi connectivity index (χ1v) is 8.46. The smallest absolute Gasteiger partial charge is 0.0625 e. The van der Waals surface area contributed by atoms with Crippen LogP contribution in [0.1, 0.15) is 24.0 Å². The molecular weight excluding hydrogens is 302 g/mol. The molecule has 0 saturated heterocycles. The number of benzene rings is 2. The van der Waals surface area contributed by atoms with E-state index in [9.17, 15) is 0 Å². The molecule has 2 aromatic carbocycles. The molecule has 114 valence electrons. The van der Waals surface area contributed by atoms with E-state index in [2.05, 4.69) is 60.5 Å². The van der Waals surface area contributed by atoms with Crippen molar-refractivity contribution in [1.29, 1.82) is 10.5 Å². The summed E-state index contributed by atoms with van der Waals surface area (Å²) in [4.78, 5) is 4.68. The monoisotopic (exact) mass is 319 g/mol. The first-order valence-electron chi connectivity index (χ1n) is 7.64. The van der Waals surface area contributed by atoms with Gasteiger partial charge in [0.25, 0.3) is 0 Å². The van der Waals surface area contributed by atoms with Gasteiger partial charge in [-0.25, -0.2) is 0 Å². The number of hydrogen-bond acceptors (Lipinski definition) is 4. The van der Waals surface area contributed by atoms with Crippen LogP contribution in [0.4, 0.5) is 11.4 Å². The third-order valence-electron chi connectivity index (χ3n) is 4.04. The minimum absolute atomic E-state index is 0.550. The van der Waals surface area contributed by atoms with E-state index in [1.165, 1.54) is 32.3 Å². The van der Waals surface area contributed by atoms with Crippen molar-refractivity contribution in [3.8, 4) is 12.1 Å². The van der Waals surface area contributed by atoms with Crippen LogP contribution >= 0.6 is 11.8 Å². The summed E-state index contributed by atoms with van der Waals surface area (Å²) in [5.74, 6) is 0. The van der Waals surface area contributed by atoms with Crippen LogP contribution in [0.15, 0.2) is 46.2 Å². The molecule has 0 amide bonds. The van der Waals surface area contributed by atoms with E-state index < -0.39 is 0 Å². The van der Waals surface area contributed by atoms with Crippen molar-refractivity contribution in [2.45, 2.75) is 35.5 Å². The Balaban J connectivity index is 1.90. The Morgan fingerprint density at radius 1 is 0.870 bits per heavy atom. The highest BCUT2D eigenvalue weighted by Gasteiger charge is 2.21. The molecule has 0 N–H and O–H groups in total. The SMILES string of the molecule is CN1c2ccc(CCC#N)cc2Sc2ccc(CCC#N)cc21. The largest absolute Gasteiger partial charge is 0.343 e. The van der Waals surface area contributed by atoms with E-state index >= 15 is 0 Å². The Morgan fingerprint density at radius 2 is 1.52 bits per heavy atom. The number of nitriles is 2. The average molecular weight is 319 g/mol. The van der Waals surface area contributed by atoms with Gasteiger partial charge in [-0.05, 0) is 48.2 Å². The van der Waals surface area contributed by atoms with Gasteiger partial charge in [-0.1, -0.05) is 23.9 Å².